The summed E-state index contributed by atoms with van der Waals surface area (Å²) in [5.74, 6) is 0. The van der Waals surface area contributed by atoms with Crippen molar-refractivity contribution in [2.75, 3.05) is 6.54 Å². The predicted octanol–water partition coefficient (Wildman–Crippen LogP) is 1.73. The molecule has 3 aromatic heterocycles. The molecular formula is C15H11N7S. The van der Waals surface area contributed by atoms with Gasteiger partial charge in [0, 0.05) is 22.9 Å². The number of aromatic nitrogens is 5. The third kappa shape index (κ3) is 2.10. The van der Waals surface area contributed by atoms with Crippen LogP contribution in [0, 0.1) is 0 Å². The van der Waals surface area contributed by atoms with Crippen LogP contribution in [0.5, 0.6) is 0 Å². The van der Waals surface area contributed by atoms with Gasteiger partial charge in [-0.3, -0.25) is 9.98 Å². The van der Waals surface area contributed by atoms with Gasteiger partial charge in [0.15, 0.2) is 5.65 Å². The van der Waals surface area contributed by atoms with Crippen LogP contribution in [0.25, 0.3) is 16.9 Å². The normalized spacial score (nSPS) is 15.6. The summed E-state index contributed by atoms with van der Waals surface area (Å²) in [7, 11) is 0. The fraction of sp³-hybridized carbons (Fsp3) is 0.200. The van der Waals surface area contributed by atoms with E-state index < -0.39 is 0 Å². The Kier molecular flexibility index (Phi) is 2.71. The first-order valence-corrected chi connectivity index (χ1v) is 8.06. The number of nitrogens with zero attached hydrogens (tertiary/aromatic N) is 7. The lowest BCUT2D eigenvalue weighted by molar-refractivity contribution is 0.670. The predicted molar refractivity (Wildman–Crippen MR) is 89.2 cm³/mol. The van der Waals surface area contributed by atoms with Crippen molar-refractivity contribution in [3.05, 3.63) is 39.4 Å². The fourth-order valence-electron chi connectivity index (χ4n) is 2.71. The van der Waals surface area contributed by atoms with Gasteiger partial charge < -0.3 is 0 Å². The van der Waals surface area contributed by atoms with Crippen molar-refractivity contribution in [3.8, 4) is 0 Å². The standard InChI is InChI=1S/C15H11N7S/c1-2-16-4-9(1)12-6-18-14-15(19-12)22(21-20-14)8-11-3-10-5-17-7-13(10)23-11/h1,3-4,6-7H,2,5,8H2. The van der Waals surface area contributed by atoms with Crippen LogP contribution < -0.4 is 0 Å². The van der Waals surface area contributed by atoms with Crippen LogP contribution in [0.2, 0.25) is 0 Å². The van der Waals surface area contributed by atoms with Crippen LogP contribution in [0.3, 0.4) is 0 Å². The number of fused-ring (bicyclic) bond motifs is 2. The summed E-state index contributed by atoms with van der Waals surface area (Å²) in [5.41, 5.74) is 4.36. The quantitative estimate of drug-likeness (QED) is 0.736. The van der Waals surface area contributed by atoms with Crippen LogP contribution in [0.4, 0.5) is 0 Å². The van der Waals surface area contributed by atoms with Crippen molar-refractivity contribution in [1.82, 2.24) is 25.0 Å². The SMILES string of the molecule is C1=NCC=C1c1cnc2nnn(Cc3cc4c(s3)C=NC4)c2n1. The number of aliphatic imine (C=N–C) groups is 2. The molecule has 0 radical (unpaired) electrons. The molecule has 0 saturated carbocycles. The zero-order valence-electron chi connectivity index (χ0n) is 12.0. The minimum atomic E-state index is 0.565. The highest BCUT2D eigenvalue weighted by Gasteiger charge is 2.15. The topological polar surface area (TPSA) is 81.2 Å². The molecule has 23 heavy (non-hydrogen) atoms. The Bertz CT molecular complexity index is 1010. The number of thiophene rings is 1. The highest BCUT2D eigenvalue weighted by Crippen LogP contribution is 2.26. The molecule has 0 aromatic carbocycles. The van der Waals surface area contributed by atoms with Gasteiger partial charge in [0.1, 0.15) is 0 Å². The van der Waals surface area contributed by atoms with Crippen LogP contribution >= 0.6 is 11.3 Å². The maximum atomic E-state index is 4.67. The van der Waals surface area contributed by atoms with Gasteiger partial charge in [-0.1, -0.05) is 11.3 Å². The lowest BCUT2D eigenvalue weighted by Crippen LogP contribution is -2.03. The Balaban J connectivity index is 1.54. The van der Waals surface area contributed by atoms with E-state index in [1.807, 2.05) is 18.5 Å². The van der Waals surface area contributed by atoms with Gasteiger partial charge in [-0.2, -0.15) is 0 Å². The van der Waals surface area contributed by atoms with E-state index in [2.05, 4.69) is 36.3 Å². The van der Waals surface area contributed by atoms with Crippen LogP contribution in [0.15, 0.2) is 28.3 Å². The van der Waals surface area contributed by atoms with E-state index in [9.17, 15) is 0 Å². The third-order valence-corrected chi connectivity index (χ3v) is 4.94. The molecule has 0 bridgehead atoms. The van der Waals surface area contributed by atoms with Crippen LogP contribution in [0.1, 0.15) is 21.0 Å². The van der Waals surface area contributed by atoms with Crippen LogP contribution in [-0.2, 0) is 13.1 Å². The Hall–Kier alpha value is -2.74. The molecule has 0 aliphatic carbocycles. The summed E-state index contributed by atoms with van der Waals surface area (Å²) in [6, 6.07) is 2.18. The third-order valence-electron chi connectivity index (χ3n) is 3.84. The molecule has 0 amide bonds. The van der Waals surface area contributed by atoms with E-state index >= 15 is 0 Å². The molecule has 0 atom stereocenters. The van der Waals surface area contributed by atoms with Crippen molar-refractivity contribution in [2.45, 2.75) is 13.1 Å². The Morgan fingerprint density at radius 2 is 2.22 bits per heavy atom. The van der Waals surface area contributed by atoms with Crippen molar-refractivity contribution in [1.29, 1.82) is 0 Å². The molecule has 3 aromatic rings. The average molecular weight is 321 g/mol. The second-order valence-electron chi connectivity index (χ2n) is 5.38. The molecule has 0 saturated heterocycles. The first kappa shape index (κ1) is 12.8. The van der Waals surface area contributed by atoms with Gasteiger partial charge in [-0.05, 0) is 11.6 Å². The Labute approximate surface area is 135 Å². The van der Waals surface area contributed by atoms with Gasteiger partial charge in [-0.25, -0.2) is 14.6 Å². The fourth-order valence-corrected chi connectivity index (χ4v) is 3.77. The molecule has 0 spiro atoms. The van der Waals surface area contributed by atoms with E-state index in [1.54, 1.807) is 22.2 Å². The van der Waals surface area contributed by atoms with Crippen molar-refractivity contribution < 1.29 is 0 Å². The minimum absolute atomic E-state index is 0.565. The summed E-state index contributed by atoms with van der Waals surface area (Å²) in [6.07, 6.45) is 7.52. The second-order valence-corrected chi connectivity index (χ2v) is 6.54. The summed E-state index contributed by atoms with van der Waals surface area (Å²) in [4.78, 5) is 20.0. The molecule has 5 heterocycles. The molecule has 7 nitrogen and oxygen atoms in total. The summed E-state index contributed by atoms with van der Waals surface area (Å²) >= 11 is 1.74. The van der Waals surface area contributed by atoms with Gasteiger partial charge in [0.25, 0.3) is 0 Å². The van der Waals surface area contributed by atoms with Crippen LogP contribution in [-0.4, -0.2) is 43.9 Å². The number of hydrogen-bond acceptors (Lipinski definition) is 7. The molecule has 0 fully saturated rings. The summed E-state index contributed by atoms with van der Waals surface area (Å²) in [6.45, 7) is 2.13. The van der Waals surface area contributed by atoms with Gasteiger partial charge in [0.2, 0.25) is 5.65 Å². The Morgan fingerprint density at radius 3 is 3.09 bits per heavy atom. The molecule has 0 unspecified atom stereocenters. The molecular weight excluding hydrogens is 310 g/mol. The van der Waals surface area contributed by atoms with Crippen molar-refractivity contribution >= 4 is 40.6 Å². The maximum Gasteiger partial charge on any atom is 0.221 e. The van der Waals surface area contributed by atoms with E-state index in [1.165, 1.54) is 15.3 Å². The zero-order valence-corrected chi connectivity index (χ0v) is 12.9. The smallest absolute Gasteiger partial charge is 0.221 e. The van der Waals surface area contributed by atoms with Crippen molar-refractivity contribution in [2.24, 2.45) is 9.98 Å². The first-order chi connectivity index (χ1) is 11.4. The highest BCUT2D eigenvalue weighted by molar-refractivity contribution is 7.14. The van der Waals surface area contributed by atoms with E-state index in [4.69, 9.17) is 0 Å². The maximum absolute atomic E-state index is 4.67. The molecule has 0 N–H and O–H groups in total. The minimum Gasteiger partial charge on any atom is -0.288 e. The van der Waals surface area contributed by atoms with Gasteiger partial charge >= 0.3 is 0 Å². The van der Waals surface area contributed by atoms with Gasteiger partial charge in [0.05, 0.1) is 36.4 Å². The lowest BCUT2D eigenvalue weighted by atomic mass is 10.2. The Morgan fingerprint density at radius 1 is 1.22 bits per heavy atom. The largest absolute Gasteiger partial charge is 0.288 e. The zero-order chi connectivity index (χ0) is 15.2. The first-order valence-electron chi connectivity index (χ1n) is 7.25. The molecule has 112 valence electrons. The molecule has 2 aliphatic rings. The summed E-state index contributed by atoms with van der Waals surface area (Å²) < 4.78 is 1.80. The molecule has 5 rings (SSSR count). The number of allylic oxidation sites excluding steroid dienone is 1. The van der Waals surface area contributed by atoms with E-state index in [-0.39, 0.29) is 0 Å². The van der Waals surface area contributed by atoms with Gasteiger partial charge in [-0.15, -0.1) is 16.4 Å². The highest BCUT2D eigenvalue weighted by atomic mass is 32.1. The molecule has 8 heteroatoms. The molecule has 2 aliphatic heterocycles. The average Bonchev–Trinajstić information content (AvgIpc) is 3.31. The summed E-state index contributed by atoms with van der Waals surface area (Å²) in [5, 5.41) is 8.31. The number of hydrogen-bond donors (Lipinski definition) is 0. The number of rotatable bonds is 3. The second kappa shape index (κ2) is 4.88. The monoisotopic (exact) mass is 321 g/mol. The van der Waals surface area contributed by atoms with E-state index in [0.29, 0.717) is 24.4 Å². The van der Waals surface area contributed by atoms with Crippen molar-refractivity contribution in [3.63, 3.8) is 0 Å². The lowest BCUT2D eigenvalue weighted by Gasteiger charge is -2.01. The van der Waals surface area contributed by atoms with E-state index in [0.717, 1.165) is 17.8 Å².